The second kappa shape index (κ2) is 3.99. The molecule has 0 saturated heterocycles. The average molecular weight is 258 g/mol. The fourth-order valence-corrected chi connectivity index (χ4v) is 2.08. The Balaban J connectivity index is 1.95. The quantitative estimate of drug-likeness (QED) is 0.878. The summed E-state index contributed by atoms with van der Waals surface area (Å²) in [6.07, 6.45) is 1.25. The van der Waals surface area contributed by atoms with Crippen molar-refractivity contribution in [1.29, 1.82) is 0 Å². The SMILES string of the molecule is CC1CC1NCc1cc(F)cc(Br)c1. The summed E-state index contributed by atoms with van der Waals surface area (Å²) in [5, 5.41) is 3.39. The normalized spacial score (nSPS) is 25.1. The lowest BCUT2D eigenvalue weighted by Crippen LogP contribution is -2.17. The molecule has 1 saturated carbocycles. The molecule has 0 spiro atoms. The van der Waals surface area contributed by atoms with E-state index in [1.165, 1.54) is 12.5 Å². The van der Waals surface area contributed by atoms with Crippen LogP contribution in [-0.4, -0.2) is 6.04 Å². The molecule has 1 nitrogen and oxygen atoms in total. The maximum absolute atomic E-state index is 13.0. The summed E-state index contributed by atoms with van der Waals surface area (Å²) in [5.74, 6) is 0.604. The third-order valence-corrected chi connectivity index (χ3v) is 3.06. The maximum Gasteiger partial charge on any atom is 0.124 e. The highest BCUT2D eigenvalue weighted by Crippen LogP contribution is 2.29. The van der Waals surface area contributed by atoms with Crippen LogP contribution in [0.25, 0.3) is 0 Å². The van der Waals surface area contributed by atoms with Gasteiger partial charge in [0.25, 0.3) is 0 Å². The van der Waals surface area contributed by atoms with Gasteiger partial charge in [0.1, 0.15) is 5.82 Å². The number of halogens is 2. The summed E-state index contributed by atoms with van der Waals surface area (Å²) in [5.41, 5.74) is 0.996. The maximum atomic E-state index is 13.0. The van der Waals surface area contributed by atoms with E-state index in [-0.39, 0.29) is 5.82 Å². The van der Waals surface area contributed by atoms with Crippen molar-refractivity contribution >= 4 is 15.9 Å². The number of hydrogen-bond donors (Lipinski definition) is 1. The fourth-order valence-electron chi connectivity index (χ4n) is 1.57. The summed E-state index contributed by atoms with van der Waals surface area (Å²) in [6.45, 7) is 2.98. The van der Waals surface area contributed by atoms with Crippen LogP contribution >= 0.6 is 15.9 Å². The molecule has 1 aliphatic rings. The molecule has 1 aliphatic carbocycles. The van der Waals surface area contributed by atoms with Crippen LogP contribution < -0.4 is 5.32 Å². The van der Waals surface area contributed by atoms with Gasteiger partial charge in [-0.2, -0.15) is 0 Å². The topological polar surface area (TPSA) is 12.0 Å². The Bertz CT molecular complexity index is 320. The van der Waals surface area contributed by atoms with E-state index in [9.17, 15) is 4.39 Å². The minimum Gasteiger partial charge on any atom is -0.310 e. The zero-order valence-electron chi connectivity index (χ0n) is 8.06. The molecule has 1 fully saturated rings. The second-order valence-electron chi connectivity index (χ2n) is 3.98. The molecule has 2 atom stereocenters. The average Bonchev–Trinajstić information content (AvgIpc) is 2.77. The molecule has 0 amide bonds. The van der Waals surface area contributed by atoms with E-state index in [0.717, 1.165) is 22.5 Å². The number of rotatable bonds is 3. The molecule has 14 heavy (non-hydrogen) atoms. The van der Waals surface area contributed by atoms with E-state index in [4.69, 9.17) is 0 Å². The molecule has 76 valence electrons. The lowest BCUT2D eigenvalue weighted by molar-refractivity contribution is 0.614. The van der Waals surface area contributed by atoms with Gasteiger partial charge in [0.2, 0.25) is 0 Å². The second-order valence-corrected chi connectivity index (χ2v) is 4.89. The molecular weight excluding hydrogens is 245 g/mol. The van der Waals surface area contributed by atoms with Gasteiger partial charge in [-0.15, -0.1) is 0 Å². The van der Waals surface area contributed by atoms with Crippen LogP contribution in [0.2, 0.25) is 0 Å². The van der Waals surface area contributed by atoms with Crippen LogP contribution in [0.4, 0.5) is 4.39 Å². The van der Waals surface area contributed by atoms with Gasteiger partial charge in [0.05, 0.1) is 0 Å². The zero-order chi connectivity index (χ0) is 10.1. The lowest BCUT2D eigenvalue weighted by Gasteiger charge is -2.04. The Labute approximate surface area is 91.8 Å². The van der Waals surface area contributed by atoms with Crippen LogP contribution in [0.1, 0.15) is 18.9 Å². The van der Waals surface area contributed by atoms with E-state index in [1.807, 2.05) is 6.07 Å². The van der Waals surface area contributed by atoms with Crippen molar-refractivity contribution in [3.8, 4) is 0 Å². The highest BCUT2D eigenvalue weighted by atomic mass is 79.9. The Hall–Kier alpha value is -0.410. The number of hydrogen-bond acceptors (Lipinski definition) is 1. The van der Waals surface area contributed by atoms with Gasteiger partial charge in [-0.3, -0.25) is 0 Å². The van der Waals surface area contributed by atoms with E-state index in [0.29, 0.717) is 6.04 Å². The molecule has 0 radical (unpaired) electrons. The molecule has 2 rings (SSSR count). The Kier molecular flexibility index (Phi) is 2.88. The Morgan fingerprint density at radius 1 is 1.50 bits per heavy atom. The fraction of sp³-hybridized carbons (Fsp3) is 0.455. The van der Waals surface area contributed by atoms with E-state index in [1.54, 1.807) is 6.07 Å². The van der Waals surface area contributed by atoms with Crippen molar-refractivity contribution in [1.82, 2.24) is 5.32 Å². The van der Waals surface area contributed by atoms with Gasteiger partial charge in [-0.1, -0.05) is 22.9 Å². The van der Waals surface area contributed by atoms with Gasteiger partial charge < -0.3 is 5.32 Å². The molecule has 2 unspecified atom stereocenters. The van der Waals surface area contributed by atoms with E-state index >= 15 is 0 Å². The molecule has 0 aromatic heterocycles. The zero-order valence-corrected chi connectivity index (χ0v) is 9.64. The number of benzene rings is 1. The first-order chi connectivity index (χ1) is 6.65. The molecule has 0 heterocycles. The Morgan fingerprint density at radius 2 is 2.21 bits per heavy atom. The van der Waals surface area contributed by atoms with Crippen molar-refractivity contribution in [2.24, 2.45) is 5.92 Å². The van der Waals surface area contributed by atoms with Gasteiger partial charge in [0.15, 0.2) is 0 Å². The first-order valence-corrected chi connectivity index (χ1v) is 5.63. The minimum absolute atomic E-state index is 0.181. The van der Waals surface area contributed by atoms with Crippen molar-refractivity contribution in [3.05, 3.63) is 34.1 Å². The largest absolute Gasteiger partial charge is 0.310 e. The first kappa shape index (κ1) is 10.1. The van der Waals surface area contributed by atoms with Crippen molar-refractivity contribution in [2.45, 2.75) is 25.9 Å². The van der Waals surface area contributed by atoms with Crippen LogP contribution in [-0.2, 0) is 6.54 Å². The Morgan fingerprint density at radius 3 is 2.79 bits per heavy atom. The van der Waals surface area contributed by atoms with Crippen LogP contribution in [0.15, 0.2) is 22.7 Å². The van der Waals surface area contributed by atoms with Gasteiger partial charge in [0, 0.05) is 17.1 Å². The summed E-state index contributed by atoms with van der Waals surface area (Å²) in [6, 6.07) is 5.63. The van der Waals surface area contributed by atoms with Crippen molar-refractivity contribution in [3.63, 3.8) is 0 Å². The van der Waals surface area contributed by atoms with Crippen LogP contribution in [0.3, 0.4) is 0 Å². The summed E-state index contributed by atoms with van der Waals surface area (Å²) >= 11 is 3.28. The summed E-state index contributed by atoms with van der Waals surface area (Å²) in [4.78, 5) is 0. The predicted octanol–water partition coefficient (Wildman–Crippen LogP) is 3.09. The highest BCUT2D eigenvalue weighted by molar-refractivity contribution is 9.10. The van der Waals surface area contributed by atoms with Gasteiger partial charge in [-0.05, 0) is 36.1 Å². The van der Waals surface area contributed by atoms with Gasteiger partial charge >= 0.3 is 0 Å². The van der Waals surface area contributed by atoms with Crippen molar-refractivity contribution in [2.75, 3.05) is 0 Å². The van der Waals surface area contributed by atoms with E-state index in [2.05, 4.69) is 28.2 Å². The van der Waals surface area contributed by atoms with E-state index < -0.39 is 0 Å². The third kappa shape index (κ3) is 2.55. The lowest BCUT2D eigenvalue weighted by atomic mass is 10.2. The molecule has 0 aliphatic heterocycles. The standard InChI is InChI=1S/C11H13BrFN/c1-7-2-11(7)14-6-8-3-9(12)5-10(13)4-8/h3-5,7,11,14H,2,6H2,1H3. The van der Waals surface area contributed by atoms with Crippen molar-refractivity contribution < 1.29 is 4.39 Å². The first-order valence-electron chi connectivity index (χ1n) is 4.83. The van der Waals surface area contributed by atoms with Gasteiger partial charge in [-0.25, -0.2) is 4.39 Å². The molecule has 0 bridgehead atoms. The molecule has 1 N–H and O–H groups in total. The molecular formula is C11H13BrFN. The predicted molar refractivity (Wildman–Crippen MR) is 58.5 cm³/mol. The molecule has 1 aromatic rings. The number of nitrogens with one attached hydrogen (secondary N) is 1. The summed E-state index contributed by atoms with van der Waals surface area (Å²) in [7, 11) is 0. The summed E-state index contributed by atoms with van der Waals surface area (Å²) < 4.78 is 13.8. The van der Waals surface area contributed by atoms with Crippen LogP contribution in [0.5, 0.6) is 0 Å². The smallest absolute Gasteiger partial charge is 0.124 e. The highest BCUT2D eigenvalue weighted by Gasteiger charge is 2.31. The molecule has 1 aromatic carbocycles. The monoisotopic (exact) mass is 257 g/mol. The third-order valence-electron chi connectivity index (χ3n) is 2.60. The minimum atomic E-state index is -0.181. The van der Waals surface area contributed by atoms with Crippen LogP contribution in [0, 0.1) is 11.7 Å². The molecule has 3 heteroatoms.